The number of hydrogen-bond acceptors (Lipinski definition) is 4. The average molecular weight is 241 g/mol. The van der Waals surface area contributed by atoms with Gasteiger partial charge in [-0.25, -0.2) is 4.98 Å². The molecule has 0 saturated carbocycles. The highest BCUT2D eigenvalue weighted by molar-refractivity contribution is 7.13. The number of nitrogens with one attached hydrogen (secondary N) is 1. The van der Waals surface area contributed by atoms with E-state index in [-0.39, 0.29) is 5.91 Å². The van der Waals surface area contributed by atoms with E-state index in [1.807, 2.05) is 12.3 Å². The van der Waals surface area contributed by atoms with Crippen LogP contribution in [0, 0.1) is 0 Å². The van der Waals surface area contributed by atoms with Gasteiger partial charge in [0.25, 0.3) is 0 Å². The summed E-state index contributed by atoms with van der Waals surface area (Å²) in [7, 11) is 0. The first-order valence-corrected chi connectivity index (χ1v) is 6.44. The molecule has 1 rings (SSSR count). The first-order valence-electron chi connectivity index (χ1n) is 5.56. The monoisotopic (exact) mass is 241 g/mol. The van der Waals surface area contributed by atoms with E-state index in [1.54, 1.807) is 0 Å². The van der Waals surface area contributed by atoms with E-state index in [1.165, 1.54) is 11.3 Å². The minimum atomic E-state index is -0.434. The van der Waals surface area contributed by atoms with Crippen LogP contribution in [0.1, 0.15) is 45.2 Å². The molecule has 1 aromatic heterocycles. The maximum absolute atomic E-state index is 11.6. The summed E-state index contributed by atoms with van der Waals surface area (Å²) in [5.74, 6) is 0.234. The molecule has 16 heavy (non-hydrogen) atoms. The molecule has 0 unspecified atom stereocenters. The maximum atomic E-state index is 11.6. The number of carbonyl (C=O) groups is 1. The molecular formula is C11H19N3OS. The topological polar surface area (TPSA) is 68.0 Å². The highest BCUT2D eigenvalue weighted by Crippen LogP contribution is 2.21. The summed E-state index contributed by atoms with van der Waals surface area (Å²) >= 11 is 1.44. The molecule has 0 aromatic carbocycles. The second-order valence-electron chi connectivity index (χ2n) is 4.12. The molecule has 90 valence electrons. The molecule has 0 saturated heterocycles. The largest absolute Gasteiger partial charge is 0.320 e. The van der Waals surface area contributed by atoms with Gasteiger partial charge in [-0.3, -0.25) is 4.79 Å². The molecule has 0 aliphatic carbocycles. The minimum Gasteiger partial charge on any atom is -0.320 e. The molecule has 0 radical (unpaired) electrons. The van der Waals surface area contributed by atoms with Crippen LogP contribution in [0.2, 0.25) is 0 Å². The number of amides is 1. The van der Waals surface area contributed by atoms with E-state index in [0.717, 1.165) is 12.1 Å². The average Bonchev–Trinajstić information content (AvgIpc) is 2.66. The van der Waals surface area contributed by atoms with Crippen LogP contribution in [-0.4, -0.2) is 16.9 Å². The Morgan fingerprint density at radius 3 is 2.81 bits per heavy atom. The summed E-state index contributed by atoms with van der Waals surface area (Å²) in [5, 5.41) is 5.35. The van der Waals surface area contributed by atoms with Crippen LogP contribution in [-0.2, 0) is 4.79 Å². The first kappa shape index (κ1) is 13.1. The van der Waals surface area contributed by atoms with E-state index in [0.29, 0.717) is 17.5 Å². The van der Waals surface area contributed by atoms with Gasteiger partial charge in [-0.1, -0.05) is 27.2 Å². The Kier molecular flexibility index (Phi) is 4.89. The fourth-order valence-corrected chi connectivity index (χ4v) is 2.12. The fourth-order valence-electron chi connectivity index (χ4n) is 1.25. The lowest BCUT2D eigenvalue weighted by Gasteiger charge is -2.08. The van der Waals surface area contributed by atoms with Crippen molar-refractivity contribution in [2.24, 2.45) is 5.73 Å². The lowest BCUT2D eigenvalue weighted by atomic mass is 10.2. The van der Waals surface area contributed by atoms with Crippen molar-refractivity contribution < 1.29 is 4.79 Å². The highest BCUT2D eigenvalue weighted by atomic mass is 32.1. The number of nitrogens with zero attached hydrogens (tertiary/aromatic N) is 1. The standard InChI is InChI=1S/C11H19N3OS/c1-4-5-8(12)10(15)14-11-13-9(6-16-11)7(2)3/h6-8H,4-5,12H2,1-3H3,(H,13,14,15)/t8-/m0/s1. The molecule has 3 N–H and O–H groups in total. The third-order valence-corrected chi connectivity index (χ3v) is 3.06. The van der Waals surface area contributed by atoms with Crippen molar-refractivity contribution in [1.29, 1.82) is 0 Å². The van der Waals surface area contributed by atoms with Gasteiger partial charge in [-0.15, -0.1) is 11.3 Å². The zero-order valence-corrected chi connectivity index (χ0v) is 10.8. The smallest absolute Gasteiger partial charge is 0.243 e. The van der Waals surface area contributed by atoms with E-state index < -0.39 is 6.04 Å². The normalized spacial score (nSPS) is 12.8. The van der Waals surface area contributed by atoms with Crippen LogP contribution >= 0.6 is 11.3 Å². The number of aromatic nitrogens is 1. The molecule has 1 amide bonds. The zero-order chi connectivity index (χ0) is 12.1. The van der Waals surface area contributed by atoms with Gasteiger partial charge in [0, 0.05) is 5.38 Å². The van der Waals surface area contributed by atoms with Gasteiger partial charge in [-0.05, 0) is 12.3 Å². The second kappa shape index (κ2) is 5.96. The maximum Gasteiger partial charge on any atom is 0.243 e. The van der Waals surface area contributed by atoms with Crippen molar-refractivity contribution >= 4 is 22.4 Å². The minimum absolute atomic E-state index is 0.147. The Labute approximate surface area is 100 Å². The second-order valence-corrected chi connectivity index (χ2v) is 4.97. The van der Waals surface area contributed by atoms with Crippen molar-refractivity contribution in [2.45, 2.75) is 45.6 Å². The van der Waals surface area contributed by atoms with Crippen molar-refractivity contribution in [1.82, 2.24) is 4.98 Å². The summed E-state index contributed by atoms with van der Waals surface area (Å²) < 4.78 is 0. The molecule has 5 heteroatoms. The van der Waals surface area contributed by atoms with Crippen LogP contribution in [0.15, 0.2) is 5.38 Å². The molecule has 0 bridgehead atoms. The lowest BCUT2D eigenvalue weighted by molar-refractivity contribution is -0.117. The third kappa shape index (κ3) is 3.57. The van der Waals surface area contributed by atoms with Gasteiger partial charge in [0.15, 0.2) is 5.13 Å². The molecule has 0 aliphatic rings. The van der Waals surface area contributed by atoms with Gasteiger partial charge in [0.05, 0.1) is 11.7 Å². The molecule has 1 heterocycles. The molecule has 1 aromatic rings. The summed E-state index contributed by atoms with van der Waals surface area (Å²) in [5.41, 5.74) is 6.71. The Hall–Kier alpha value is -0.940. The van der Waals surface area contributed by atoms with Gasteiger partial charge in [0.1, 0.15) is 0 Å². The molecule has 0 fully saturated rings. The third-order valence-electron chi connectivity index (χ3n) is 2.28. The molecular weight excluding hydrogens is 222 g/mol. The Balaban J connectivity index is 2.56. The molecule has 0 spiro atoms. The molecule has 0 aliphatic heterocycles. The number of rotatable bonds is 5. The predicted octanol–water partition coefficient (Wildman–Crippen LogP) is 2.33. The fraction of sp³-hybridized carbons (Fsp3) is 0.636. The van der Waals surface area contributed by atoms with Crippen LogP contribution < -0.4 is 11.1 Å². The van der Waals surface area contributed by atoms with Gasteiger partial charge in [0.2, 0.25) is 5.91 Å². The number of thiazole rings is 1. The Bertz CT molecular complexity index is 349. The summed E-state index contributed by atoms with van der Waals surface area (Å²) in [6, 6.07) is -0.434. The van der Waals surface area contributed by atoms with Gasteiger partial charge >= 0.3 is 0 Å². The van der Waals surface area contributed by atoms with Crippen molar-refractivity contribution in [3.05, 3.63) is 11.1 Å². The van der Waals surface area contributed by atoms with Crippen LogP contribution in [0.5, 0.6) is 0 Å². The zero-order valence-electron chi connectivity index (χ0n) is 9.99. The number of carbonyl (C=O) groups excluding carboxylic acids is 1. The summed E-state index contributed by atoms with van der Waals surface area (Å²) in [6.07, 6.45) is 1.61. The van der Waals surface area contributed by atoms with Crippen molar-refractivity contribution in [2.75, 3.05) is 5.32 Å². The van der Waals surface area contributed by atoms with Crippen molar-refractivity contribution in [3.8, 4) is 0 Å². The molecule has 1 atom stereocenters. The van der Waals surface area contributed by atoms with Crippen LogP contribution in [0.3, 0.4) is 0 Å². The number of hydrogen-bond donors (Lipinski definition) is 2. The van der Waals surface area contributed by atoms with Gasteiger partial charge in [-0.2, -0.15) is 0 Å². The van der Waals surface area contributed by atoms with E-state index in [9.17, 15) is 4.79 Å². The Morgan fingerprint density at radius 1 is 1.62 bits per heavy atom. The SMILES string of the molecule is CCC[C@H](N)C(=O)Nc1nc(C(C)C)cs1. The quantitative estimate of drug-likeness (QED) is 0.831. The number of nitrogens with two attached hydrogens (primary N) is 1. The van der Waals surface area contributed by atoms with Crippen LogP contribution in [0.25, 0.3) is 0 Å². The summed E-state index contributed by atoms with van der Waals surface area (Å²) in [4.78, 5) is 15.9. The van der Waals surface area contributed by atoms with Gasteiger partial charge < -0.3 is 11.1 Å². The predicted molar refractivity (Wildman–Crippen MR) is 67.7 cm³/mol. The first-order chi connectivity index (χ1) is 7.54. The van der Waals surface area contributed by atoms with E-state index in [4.69, 9.17) is 5.73 Å². The number of anilines is 1. The highest BCUT2D eigenvalue weighted by Gasteiger charge is 2.14. The Morgan fingerprint density at radius 2 is 2.31 bits per heavy atom. The summed E-state index contributed by atoms with van der Waals surface area (Å²) in [6.45, 7) is 6.15. The van der Waals surface area contributed by atoms with Crippen LogP contribution in [0.4, 0.5) is 5.13 Å². The lowest BCUT2D eigenvalue weighted by Crippen LogP contribution is -2.35. The molecule has 4 nitrogen and oxygen atoms in total. The van der Waals surface area contributed by atoms with E-state index in [2.05, 4.69) is 24.1 Å². The van der Waals surface area contributed by atoms with Crippen molar-refractivity contribution in [3.63, 3.8) is 0 Å². The van der Waals surface area contributed by atoms with E-state index >= 15 is 0 Å².